The number of ether oxygens (including phenoxy) is 1. The molecule has 0 aromatic carbocycles. The molecule has 6 nitrogen and oxygen atoms in total. The predicted molar refractivity (Wildman–Crippen MR) is 92.8 cm³/mol. The number of amides is 1. The lowest BCUT2D eigenvalue weighted by Gasteiger charge is -2.31. The van der Waals surface area contributed by atoms with Crippen molar-refractivity contribution < 1.29 is 9.53 Å². The SMILES string of the molecule is Cc1nn(C)c(C)c1OCC(=O)N(C)[C@H](c1cccnc1)C(C)C. The molecule has 0 aliphatic heterocycles. The third kappa shape index (κ3) is 3.75. The van der Waals surface area contributed by atoms with Gasteiger partial charge in [-0.05, 0) is 31.4 Å². The number of nitrogens with zero attached hydrogens (tertiary/aromatic N) is 4. The first-order valence-corrected chi connectivity index (χ1v) is 8.11. The van der Waals surface area contributed by atoms with E-state index in [0.29, 0.717) is 5.75 Å². The van der Waals surface area contributed by atoms with Crippen LogP contribution in [0.25, 0.3) is 0 Å². The number of aromatic nitrogens is 3. The standard InChI is InChI=1S/C18H26N4O2/c1-12(2)17(15-8-7-9-19-10-15)21(5)16(23)11-24-18-13(3)20-22(6)14(18)4/h7-10,12,17H,11H2,1-6H3/t17-/m0/s1. The van der Waals surface area contributed by atoms with Gasteiger partial charge in [0.05, 0.1) is 11.7 Å². The molecule has 1 amide bonds. The van der Waals surface area contributed by atoms with Gasteiger partial charge in [-0.25, -0.2) is 0 Å². The molecule has 2 aromatic heterocycles. The maximum Gasteiger partial charge on any atom is 0.260 e. The molecule has 0 radical (unpaired) electrons. The second-order valence-corrected chi connectivity index (χ2v) is 6.39. The third-order valence-corrected chi connectivity index (χ3v) is 4.25. The van der Waals surface area contributed by atoms with Crippen LogP contribution < -0.4 is 4.74 Å². The van der Waals surface area contributed by atoms with Crippen LogP contribution in [0.1, 0.15) is 36.8 Å². The van der Waals surface area contributed by atoms with E-state index in [1.165, 1.54) is 0 Å². The highest BCUT2D eigenvalue weighted by Gasteiger charge is 2.25. The van der Waals surface area contributed by atoms with E-state index in [1.54, 1.807) is 15.8 Å². The molecule has 2 aromatic rings. The van der Waals surface area contributed by atoms with Gasteiger partial charge >= 0.3 is 0 Å². The Morgan fingerprint density at radius 1 is 1.38 bits per heavy atom. The van der Waals surface area contributed by atoms with E-state index in [4.69, 9.17) is 4.74 Å². The van der Waals surface area contributed by atoms with Gasteiger partial charge < -0.3 is 9.64 Å². The topological polar surface area (TPSA) is 60.3 Å². The zero-order chi connectivity index (χ0) is 17.9. The molecule has 24 heavy (non-hydrogen) atoms. The summed E-state index contributed by atoms with van der Waals surface area (Å²) < 4.78 is 7.50. The van der Waals surface area contributed by atoms with E-state index in [9.17, 15) is 4.79 Å². The second kappa shape index (κ2) is 7.47. The van der Waals surface area contributed by atoms with Gasteiger partial charge in [-0.1, -0.05) is 19.9 Å². The highest BCUT2D eigenvalue weighted by atomic mass is 16.5. The number of rotatable bonds is 6. The molecule has 0 fully saturated rings. The molecular weight excluding hydrogens is 304 g/mol. The number of carbonyl (C=O) groups excluding carboxylic acids is 1. The van der Waals surface area contributed by atoms with Crippen LogP contribution in [0.15, 0.2) is 24.5 Å². The fourth-order valence-electron chi connectivity index (χ4n) is 2.96. The molecule has 0 bridgehead atoms. The largest absolute Gasteiger partial charge is 0.480 e. The molecule has 0 saturated heterocycles. The van der Waals surface area contributed by atoms with E-state index in [-0.39, 0.29) is 24.5 Å². The van der Waals surface area contributed by atoms with Gasteiger partial charge in [-0.15, -0.1) is 0 Å². The Hall–Kier alpha value is -2.37. The third-order valence-electron chi connectivity index (χ3n) is 4.25. The van der Waals surface area contributed by atoms with Gasteiger partial charge in [-0.3, -0.25) is 14.5 Å². The molecule has 0 spiro atoms. The second-order valence-electron chi connectivity index (χ2n) is 6.39. The van der Waals surface area contributed by atoms with Crippen LogP contribution in [0, 0.1) is 19.8 Å². The van der Waals surface area contributed by atoms with Crippen LogP contribution in [0.3, 0.4) is 0 Å². The van der Waals surface area contributed by atoms with Crippen LogP contribution in [-0.4, -0.2) is 39.2 Å². The molecule has 0 aliphatic carbocycles. The highest BCUT2D eigenvalue weighted by molar-refractivity contribution is 5.78. The van der Waals surface area contributed by atoms with Crippen molar-refractivity contribution in [2.45, 2.75) is 33.7 Å². The Morgan fingerprint density at radius 2 is 2.08 bits per heavy atom. The number of hydrogen-bond acceptors (Lipinski definition) is 4. The summed E-state index contributed by atoms with van der Waals surface area (Å²) in [4.78, 5) is 18.5. The van der Waals surface area contributed by atoms with Gasteiger partial charge in [0, 0.05) is 26.5 Å². The first kappa shape index (κ1) is 18.0. The van der Waals surface area contributed by atoms with Gasteiger partial charge in [-0.2, -0.15) is 5.10 Å². The number of carbonyl (C=O) groups is 1. The molecule has 0 aliphatic rings. The van der Waals surface area contributed by atoms with Crippen LogP contribution in [-0.2, 0) is 11.8 Å². The van der Waals surface area contributed by atoms with E-state index in [1.807, 2.05) is 46.3 Å². The fraction of sp³-hybridized carbons (Fsp3) is 0.500. The van der Waals surface area contributed by atoms with E-state index in [0.717, 1.165) is 17.0 Å². The monoisotopic (exact) mass is 330 g/mol. The zero-order valence-electron chi connectivity index (χ0n) is 15.3. The molecule has 0 saturated carbocycles. The Balaban J connectivity index is 2.10. The number of likely N-dealkylation sites (N-methyl/N-ethyl adjacent to an activating group) is 1. The van der Waals surface area contributed by atoms with Crippen molar-refractivity contribution in [2.75, 3.05) is 13.7 Å². The fourth-order valence-corrected chi connectivity index (χ4v) is 2.96. The summed E-state index contributed by atoms with van der Waals surface area (Å²) in [5, 5.41) is 4.30. The maximum absolute atomic E-state index is 12.6. The van der Waals surface area contributed by atoms with Crippen molar-refractivity contribution in [2.24, 2.45) is 13.0 Å². The maximum atomic E-state index is 12.6. The highest BCUT2D eigenvalue weighted by Crippen LogP contribution is 2.27. The molecule has 6 heteroatoms. The quantitative estimate of drug-likeness (QED) is 0.817. The Bertz CT molecular complexity index is 695. The normalized spacial score (nSPS) is 12.3. The lowest BCUT2D eigenvalue weighted by atomic mass is 9.96. The average molecular weight is 330 g/mol. The van der Waals surface area contributed by atoms with Crippen LogP contribution in [0.2, 0.25) is 0 Å². The number of hydrogen-bond donors (Lipinski definition) is 0. The lowest BCUT2D eigenvalue weighted by Crippen LogP contribution is -2.37. The summed E-state index contributed by atoms with van der Waals surface area (Å²) in [7, 11) is 3.67. The Labute approximate surface area is 143 Å². The Morgan fingerprint density at radius 3 is 2.58 bits per heavy atom. The molecule has 0 N–H and O–H groups in total. The van der Waals surface area contributed by atoms with E-state index in [2.05, 4.69) is 23.9 Å². The molecule has 0 unspecified atom stereocenters. The van der Waals surface area contributed by atoms with Crippen molar-refractivity contribution >= 4 is 5.91 Å². The minimum absolute atomic E-state index is 0.00659. The summed E-state index contributed by atoms with van der Waals surface area (Å²) in [6.45, 7) is 7.99. The van der Waals surface area contributed by atoms with Gasteiger partial charge in [0.1, 0.15) is 5.69 Å². The van der Waals surface area contributed by atoms with Crippen molar-refractivity contribution in [1.29, 1.82) is 0 Å². The van der Waals surface area contributed by atoms with Gasteiger partial charge in [0.2, 0.25) is 0 Å². The smallest absolute Gasteiger partial charge is 0.260 e. The first-order valence-electron chi connectivity index (χ1n) is 8.11. The minimum Gasteiger partial charge on any atom is -0.480 e. The van der Waals surface area contributed by atoms with Crippen LogP contribution >= 0.6 is 0 Å². The molecule has 1 atom stereocenters. The van der Waals surface area contributed by atoms with Crippen LogP contribution in [0.4, 0.5) is 0 Å². The lowest BCUT2D eigenvalue weighted by molar-refractivity contribution is -0.135. The first-order chi connectivity index (χ1) is 11.3. The zero-order valence-corrected chi connectivity index (χ0v) is 15.3. The van der Waals surface area contributed by atoms with E-state index >= 15 is 0 Å². The summed E-state index contributed by atoms with van der Waals surface area (Å²) in [6, 6.07) is 3.85. The summed E-state index contributed by atoms with van der Waals surface area (Å²) >= 11 is 0. The summed E-state index contributed by atoms with van der Waals surface area (Å²) in [5.41, 5.74) is 2.73. The van der Waals surface area contributed by atoms with Crippen molar-refractivity contribution in [1.82, 2.24) is 19.7 Å². The molecule has 2 heterocycles. The molecule has 2 rings (SSSR count). The van der Waals surface area contributed by atoms with Gasteiger partial charge in [0.15, 0.2) is 12.4 Å². The van der Waals surface area contributed by atoms with Gasteiger partial charge in [0.25, 0.3) is 5.91 Å². The average Bonchev–Trinajstić information content (AvgIpc) is 2.78. The minimum atomic E-state index is -0.0693. The Kier molecular flexibility index (Phi) is 5.59. The summed E-state index contributed by atoms with van der Waals surface area (Å²) in [6.07, 6.45) is 3.55. The molecule has 130 valence electrons. The number of aryl methyl sites for hydroxylation is 2. The predicted octanol–water partition coefficient (Wildman–Crippen LogP) is 2.67. The summed E-state index contributed by atoms with van der Waals surface area (Å²) in [5.74, 6) is 0.881. The number of pyridine rings is 1. The van der Waals surface area contributed by atoms with Crippen LogP contribution in [0.5, 0.6) is 5.75 Å². The van der Waals surface area contributed by atoms with E-state index < -0.39 is 0 Å². The van der Waals surface area contributed by atoms with Crippen molar-refractivity contribution in [3.63, 3.8) is 0 Å². The molecular formula is C18H26N4O2. The van der Waals surface area contributed by atoms with Crippen molar-refractivity contribution in [3.05, 3.63) is 41.5 Å². The van der Waals surface area contributed by atoms with Crippen molar-refractivity contribution in [3.8, 4) is 5.75 Å².